The molecule has 7 heteroatoms. The molecule has 0 atom stereocenters. The summed E-state index contributed by atoms with van der Waals surface area (Å²) in [7, 11) is 1.08. The first-order valence-electron chi connectivity index (χ1n) is 5.74. The monoisotopic (exact) mass is 299 g/mol. The number of aromatic nitrogens is 1. The lowest BCUT2D eigenvalue weighted by Gasteiger charge is -2.10. The van der Waals surface area contributed by atoms with Gasteiger partial charge in [0.2, 0.25) is 0 Å². The highest BCUT2D eigenvalue weighted by Gasteiger charge is 2.30. The molecule has 2 aromatic rings. The third kappa shape index (κ3) is 3.01. The van der Waals surface area contributed by atoms with Gasteiger partial charge in [0.05, 0.1) is 18.9 Å². The molecule has 0 bridgehead atoms. The van der Waals surface area contributed by atoms with E-state index < -0.39 is 23.5 Å². The van der Waals surface area contributed by atoms with E-state index in [9.17, 15) is 22.4 Å². The molecule has 0 unspecified atom stereocenters. The normalized spacial score (nSPS) is 11.3. The van der Waals surface area contributed by atoms with Gasteiger partial charge >= 0.3 is 12.1 Å². The fourth-order valence-corrected chi connectivity index (χ4v) is 1.80. The molecule has 21 heavy (non-hydrogen) atoms. The number of carbonyl (C=O) groups excluding carboxylic acids is 1. The van der Waals surface area contributed by atoms with Crippen molar-refractivity contribution in [1.82, 2.24) is 4.98 Å². The van der Waals surface area contributed by atoms with E-state index in [-0.39, 0.29) is 16.7 Å². The molecule has 1 heterocycles. The molecule has 0 amide bonds. The number of pyridine rings is 1. The fourth-order valence-electron chi connectivity index (χ4n) is 1.80. The van der Waals surface area contributed by atoms with Gasteiger partial charge in [0.1, 0.15) is 5.56 Å². The quantitative estimate of drug-likeness (QED) is 0.627. The SMILES string of the molecule is COC(=O)c1c(F)cncc1-c1ccc(C(F)(F)F)cc1. The molecule has 2 rings (SSSR count). The molecule has 0 radical (unpaired) electrons. The Hall–Kier alpha value is -2.44. The molecular weight excluding hydrogens is 290 g/mol. The van der Waals surface area contributed by atoms with E-state index in [4.69, 9.17) is 0 Å². The van der Waals surface area contributed by atoms with Crippen molar-refractivity contribution in [3.05, 3.63) is 53.6 Å². The van der Waals surface area contributed by atoms with Crippen LogP contribution in [0.15, 0.2) is 36.7 Å². The van der Waals surface area contributed by atoms with Crippen molar-refractivity contribution in [2.24, 2.45) is 0 Å². The highest BCUT2D eigenvalue weighted by Crippen LogP contribution is 2.32. The van der Waals surface area contributed by atoms with E-state index in [0.717, 1.165) is 37.6 Å². The number of carbonyl (C=O) groups is 1. The molecular formula is C14H9F4NO2. The number of hydrogen-bond acceptors (Lipinski definition) is 3. The van der Waals surface area contributed by atoms with Gasteiger partial charge in [-0.25, -0.2) is 9.18 Å². The summed E-state index contributed by atoms with van der Waals surface area (Å²) in [6.07, 6.45) is -2.44. The lowest BCUT2D eigenvalue weighted by molar-refractivity contribution is -0.137. The predicted octanol–water partition coefficient (Wildman–Crippen LogP) is 3.69. The highest BCUT2D eigenvalue weighted by atomic mass is 19.4. The number of esters is 1. The predicted molar refractivity (Wildman–Crippen MR) is 66.0 cm³/mol. The number of methoxy groups -OCH3 is 1. The van der Waals surface area contributed by atoms with Crippen molar-refractivity contribution in [2.45, 2.75) is 6.18 Å². The maximum Gasteiger partial charge on any atom is 0.416 e. The van der Waals surface area contributed by atoms with Crippen LogP contribution in [-0.2, 0) is 10.9 Å². The summed E-state index contributed by atoms with van der Waals surface area (Å²) in [6, 6.07) is 3.99. The summed E-state index contributed by atoms with van der Waals surface area (Å²) >= 11 is 0. The van der Waals surface area contributed by atoms with Crippen LogP contribution in [0.1, 0.15) is 15.9 Å². The Morgan fingerprint density at radius 1 is 1.14 bits per heavy atom. The molecule has 1 aromatic heterocycles. The molecule has 110 valence electrons. The Bertz CT molecular complexity index is 666. The number of alkyl halides is 3. The topological polar surface area (TPSA) is 39.2 Å². The molecule has 0 saturated carbocycles. The van der Waals surface area contributed by atoms with Crippen LogP contribution in [0, 0.1) is 5.82 Å². The van der Waals surface area contributed by atoms with Gasteiger partial charge < -0.3 is 4.74 Å². The van der Waals surface area contributed by atoms with Crippen LogP contribution in [-0.4, -0.2) is 18.1 Å². The number of halogens is 4. The molecule has 0 N–H and O–H groups in total. The Balaban J connectivity index is 2.52. The van der Waals surface area contributed by atoms with Crippen LogP contribution < -0.4 is 0 Å². The van der Waals surface area contributed by atoms with Crippen LogP contribution in [0.2, 0.25) is 0 Å². The van der Waals surface area contributed by atoms with E-state index in [2.05, 4.69) is 9.72 Å². The molecule has 0 spiro atoms. The summed E-state index contributed by atoms with van der Waals surface area (Å²) in [6.45, 7) is 0. The lowest BCUT2D eigenvalue weighted by Crippen LogP contribution is -2.08. The average Bonchev–Trinajstić information content (AvgIpc) is 2.45. The minimum Gasteiger partial charge on any atom is -0.465 e. The second-order valence-electron chi connectivity index (χ2n) is 4.11. The van der Waals surface area contributed by atoms with Gasteiger partial charge in [-0.1, -0.05) is 12.1 Å². The summed E-state index contributed by atoms with van der Waals surface area (Å²) in [5, 5.41) is 0. The first-order valence-corrected chi connectivity index (χ1v) is 5.74. The fraction of sp³-hybridized carbons (Fsp3) is 0.143. The van der Waals surface area contributed by atoms with Gasteiger partial charge in [-0.2, -0.15) is 13.2 Å². The first-order chi connectivity index (χ1) is 9.84. The van der Waals surface area contributed by atoms with Crippen LogP contribution >= 0.6 is 0 Å². The van der Waals surface area contributed by atoms with Crippen LogP contribution in [0.4, 0.5) is 17.6 Å². The van der Waals surface area contributed by atoms with Crippen molar-refractivity contribution in [3.8, 4) is 11.1 Å². The standard InChI is InChI=1S/C14H9F4NO2/c1-21-13(20)12-10(6-19-7-11(12)15)8-2-4-9(5-3-8)14(16,17)18/h2-7H,1H3. The Morgan fingerprint density at radius 3 is 2.29 bits per heavy atom. The van der Waals surface area contributed by atoms with Gasteiger partial charge in [-0.15, -0.1) is 0 Å². The van der Waals surface area contributed by atoms with Crippen LogP contribution in [0.25, 0.3) is 11.1 Å². The van der Waals surface area contributed by atoms with Crippen molar-refractivity contribution < 1.29 is 27.1 Å². The molecule has 0 aliphatic rings. The smallest absolute Gasteiger partial charge is 0.416 e. The summed E-state index contributed by atoms with van der Waals surface area (Å²) < 4.78 is 55.7. The van der Waals surface area contributed by atoms with E-state index >= 15 is 0 Å². The average molecular weight is 299 g/mol. The Morgan fingerprint density at radius 2 is 1.76 bits per heavy atom. The summed E-state index contributed by atoms with van der Waals surface area (Å²) in [4.78, 5) is 15.2. The molecule has 0 aliphatic heterocycles. The van der Waals surface area contributed by atoms with E-state index in [1.165, 1.54) is 6.20 Å². The third-order valence-corrected chi connectivity index (χ3v) is 2.81. The van der Waals surface area contributed by atoms with Crippen molar-refractivity contribution >= 4 is 5.97 Å². The van der Waals surface area contributed by atoms with E-state index in [1.54, 1.807) is 0 Å². The zero-order chi connectivity index (χ0) is 15.6. The van der Waals surface area contributed by atoms with Crippen LogP contribution in [0.5, 0.6) is 0 Å². The Kier molecular flexibility index (Phi) is 3.93. The number of hydrogen-bond donors (Lipinski definition) is 0. The van der Waals surface area contributed by atoms with Gasteiger partial charge in [-0.3, -0.25) is 4.98 Å². The molecule has 0 fully saturated rings. The lowest BCUT2D eigenvalue weighted by atomic mass is 10.0. The zero-order valence-corrected chi connectivity index (χ0v) is 10.7. The number of rotatable bonds is 2. The molecule has 0 aliphatic carbocycles. The number of nitrogens with zero attached hydrogens (tertiary/aromatic N) is 1. The van der Waals surface area contributed by atoms with Gasteiger partial charge in [0, 0.05) is 11.8 Å². The molecule has 3 nitrogen and oxygen atoms in total. The number of ether oxygens (including phenoxy) is 1. The van der Waals surface area contributed by atoms with E-state index in [1.807, 2.05) is 0 Å². The largest absolute Gasteiger partial charge is 0.465 e. The highest BCUT2D eigenvalue weighted by molar-refractivity contribution is 5.97. The minimum absolute atomic E-state index is 0.0653. The van der Waals surface area contributed by atoms with Crippen molar-refractivity contribution in [3.63, 3.8) is 0 Å². The van der Waals surface area contributed by atoms with Crippen molar-refractivity contribution in [1.29, 1.82) is 0 Å². The second-order valence-corrected chi connectivity index (χ2v) is 4.11. The first kappa shape index (κ1) is 15.0. The van der Waals surface area contributed by atoms with Gasteiger partial charge in [0.15, 0.2) is 5.82 Å². The molecule has 0 saturated heterocycles. The van der Waals surface area contributed by atoms with E-state index in [0.29, 0.717) is 0 Å². The molecule has 1 aromatic carbocycles. The van der Waals surface area contributed by atoms with Crippen molar-refractivity contribution in [2.75, 3.05) is 7.11 Å². The summed E-state index contributed by atoms with van der Waals surface area (Å²) in [5.41, 5.74) is -0.909. The van der Waals surface area contributed by atoms with Gasteiger partial charge in [0.25, 0.3) is 0 Å². The number of benzene rings is 1. The maximum atomic E-state index is 13.7. The minimum atomic E-state index is -4.47. The van der Waals surface area contributed by atoms with Gasteiger partial charge in [-0.05, 0) is 17.7 Å². The summed E-state index contributed by atoms with van der Waals surface area (Å²) in [5.74, 6) is -1.83. The second kappa shape index (κ2) is 5.51. The maximum absolute atomic E-state index is 13.7. The third-order valence-electron chi connectivity index (χ3n) is 2.81. The zero-order valence-electron chi connectivity index (χ0n) is 10.7. The Labute approximate surface area is 117 Å². The van der Waals surface area contributed by atoms with Crippen LogP contribution in [0.3, 0.4) is 0 Å².